The SMILES string of the molecule is NC1(CCc2cc(Cl)ncc2Cl)CC1. The van der Waals surface area contributed by atoms with Crippen molar-refractivity contribution in [3.8, 4) is 0 Å². The van der Waals surface area contributed by atoms with Gasteiger partial charge in [0.05, 0.1) is 5.02 Å². The molecular weight excluding hydrogens is 219 g/mol. The molecule has 0 aliphatic heterocycles. The van der Waals surface area contributed by atoms with Crippen molar-refractivity contribution < 1.29 is 0 Å². The van der Waals surface area contributed by atoms with Gasteiger partial charge in [-0.15, -0.1) is 0 Å². The maximum absolute atomic E-state index is 5.99. The molecule has 0 unspecified atom stereocenters. The zero-order chi connectivity index (χ0) is 10.2. The molecule has 1 aromatic rings. The lowest BCUT2D eigenvalue weighted by atomic mass is 10.1. The van der Waals surface area contributed by atoms with E-state index in [1.165, 1.54) is 0 Å². The van der Waals surface area contributed by atoms with Crippen LogP contribution >= 0.6 is 23.2 Å². The van der Waals surface area contributed by atoms with E-state index < -0.39 is 0 Å². The van der Waals surface area contributed by atoms with Crippen LogP contribution in [0.4, 0.5) is 0 Å². The third-order valence-electron chi connectivity index (χ3n) is 2.69. The molecule has 0 radical (unpaired) electrons. The quantitative estimate of drug-likeness (QED) is 0.812. The van der Waals surface area contributed by atoms with E-state index in [-0.39, 0.29) is 5.54 Å². The van der Waals surface area contributed by atoms with Crippen LogP contribution in [0, 0.1) is 0 Å². The largest absolute Gasteiger partial charge is 0.325 e. The molecule has 4 heteroatoms. The number of pyridine rings is 1. The number of nitrogens with zero attached hydrogens (tertiary/aromatic N) is 1. The van der Waals surface area contributed by atoms with E-state index in [4.69, 9.17) is 28.9 Å². The van der Waals surface area contributed by atoms with Crippen LogP contribution in [-0.4, -0.2) is 10.5 Å². The summed E-state index contributed by atoms with van der Waals surface area (Å²) >= 11 is 11.8. The minimum atomic E-state index is 0.0685. The van der Waals surface area contributed by atoms with E-state index in [1.807, 2.05) is 6.07 Å². The summed E-state index contributed by atoms with van der Waals surface area (Å²) < 4.78 is 0. The lowest BCUT2D eigenvalue weighted by Gasteiger charge is -2.09. The van der Waals surface area contributed by atoms with E-state index in [9.17, 15) is 0 Å². The molecule has 0 spiro atoms. The third-order valence-corrected chi connectivity index (χ3v) is 3.23. The second-order valence-corrected chi connectivity index (χ2v) is 4.76. The first kappa shape index (κ1) is 10.2. The number of hydrogen-bond donors (Lipinski definition) is 1. The highest BCUT2D eigenvalue weighted by Gasteiger charge is 2.37. The zero-order valence-corrected chi connectivity index (χ0v) is 9.28. The second-order valence-electron chi connectivity index (χ2n) is 3.96. The molecule has 1 fully saturated rings. The van der Waals surface area contributed by atoms with Crippen LogP contribution in [-0.2, 0) is 6.42 Å². The summed E-state index contributed by atoms with van der Waals surface area (Å²) in [6.07, 6.45) is 5.72. The van der Waals surface area contributed by atoms with Gasteiger partial charge >= 0.3 is 0 Å². The standard InChI is InChI=1S/C10H12Cl2N2/c11-8-6-14-9(12)5-7(8)1-2-10(13)3-4-10/h5-6H,1-4,13H2. The lowest BCUT2D eigenvalue weighted by Crippen LogP contribution is -2.22. The van der Waals surface area contributed by atoms with Crippen molar-refractivity contribution in [1.29, 1.82) is 0 Å². The van der Waals surface area contributed by atoms with Crippen molar-refractivity contribution in [3.63, 3.8) is 0 Å². The number of nitrogens with two attached hydrogens (primary N) is 1. The highest BCUT2D eigenvalue weighted by atomic mass is 35.5. The fourth-order valence-electron chi connectivity index (χ4n) is 1.44. The van der Waals surface area contributed by atoms with E-state index in [2.05, 4.69) is 4.98 Å². The number of aromatic nitrogens is 1. The maximum atomic E-state index is 5.99. The van der Waals surface area contributed by atoms with Crippen molar-refractivity contribution in [1.82, 2.24) is 4.98 Å². The number of aryl methyl sites for hydroxylation is 1. The molecule has 0 bridgehead atoms. The summed E-state index contributed by atoms with van der Waals surface area (Å²) in [6.45, 7) is 0. The molecule has 0 saturated heterocycles. The van der Waals surface area contributed by atoms with Crippen LogP contribution in [0.25, 0.3) is 0 Å². The van der Waals surface area contributed by atoms with Gasteiger partial charge in [-0.05, 0) is 37.3 Å². The molecule has 0 aromatic carbocycles. The fourth-order valence-corrected chi connectivity index (χ4v) is 1.82. The van der Waals surface area contributed by atoms with Crippen LogP contribution in [0.5, 0.6) is 0 Å². The van der Waals surface area contributed by atoms with Crippen LogP contribution in [0.3, 0.4) is 0 Å². The van der Waals surface area contributed by atoms with Gasteiger partial charge in [0.15, 0.2) is 0 Å². The predicted molar refractivity (Wildman–Crippen MR) is 58.7 cm³/mol. The van der Waals surface area contributed by atoms with Gasteiger partial charge in [-0.1, -0.05) is 23.2 Å². The van der Waals surface area contributed by atoms with Crippen LogP contribution in [0.2, 0.25) is 10.2 Å². The van der Waals surface area contributed by atoms with Crippen molar-refractivity contribution in [3.05, 3.63) is 28.0 Å². The predicted octanol–water partition coefficient (Wildman–Crippen LogP) is 2.81. The minimum absolute atomic E-state index is 0.0685. The third kappa shape index (κ3) is 2.38. The van der Waals surface area contributed by atoms with E-state index >= 15 is 0 Å². The first-order valence-corrected chi connectivity index (χ1v) is 5.43. The average Bonchev–Trinajstić information content (AvgIpc) is 2.87. The van der Waals surface area contributed by atoms with Gasteiger partial charge in [-0.25, -0.2) is 4.98 Å². The normalized spacial score (nSPS) is 18.2. The van der Waals surface area contributed by atoms with Gasteiger partial charge in [-0.3, -0.25) is 0 Å². The monoisotopic (exact) mass is 230 g/mol. The Hall–Kier alpha value is -0.310. The fraction of sp³-hybridized carbons (Fsp3) is 0.500. The Balaban J connectivity index is 2.04. The Kier molecular flexibility index (Phi) is 2.69. The van der Waals surface area contributed by atoms with Gasteiger partial charge in [0, 0.05) is 11.7 Å². The molecule has 1 heterocycles. The molecule has 2 rings (SSSR count). The molecule has 2 nitrogen and oxygen atoms in total. The van der Waals surface area contributed by atoms with Gasteiger partial charge in [0.1, 0.15) is 5.15 Å². The zero-order valence-electron chi connectivity index (χ0n) is 7.76. The van der Waals surface area contributed by atoms with E-state index in [0.717, 1.165) is 31.2 Å². The van der Waals surface area contributed by atoms with Gasteiger partial charge in [0.2, 0.25) is 0 Å². The number of rotatable bonds is 3. The second kappa shape index (κ2) is 3.69. The summed E-state index contributed by atoms with van der Waals surface area (Å²) in [5.74, 6) is 0. The number of hydrogen-bond acceptors (Lipinski definition) is 2. The van der Waals surface area contributed by atoms with Crippen molar-refractivity contribution in [2.45, 2.75) is 31.2 Å². The molecule has 14 heavy (non-hydrogen) atoms. The summed E-state index contributed by atoms with van der Waals surface area (Å²) in [5.41, 5.74) is 7.10. The number of halogens is 2. The smallest absolute Gasteiger partial charge is 0.129 e. The highest BCUT2D eigenvalue weighted by molar-refractivity contribution is 6.32. The summed E-state index contributed by atoms with van der Waals surface area (Å²) in [6, 6.07) is 1.82. The van der Waals surface area contributed by atoms with Crippen molar-refractivity contribution in [2.75, 3.05) is 0 Å². The maximum Gasteiger partial charge on any atom is 0.129 e. The molecule has 0 amide bonds. The molecular formula is C10H12Cl2N2. The summed E-state index contributed by atoms with van der Waals surface area (Å²) in [7, 11) is 0. The molecule has 2 N–H and O–H groups in total. The Morgan fingerprint density at radius 2 is 2.14 bits per heavy atom. The molecule has 1 aliphatic carbocycles. The Bertz CT molecular complexity index is 348. The lowest BCUT2D eigenvalue weighted by molar-refractivity contribution is 0.609. The Morgan fingerprint density at radius 1 is 1.43 bits per heavy atom. The highest BCUT2D eigenvalue weighted by Crippen LogP contribution is 2.37. The first-order chi connectivity index (χ1) is 6.59. The van der Waals surface area contributed by atoms with Crippen molar-refractivity contribution in [2.24, 2.45) is 5.73 Å². The Morgan fingerprint density at radius 3 is 2.79 bits per heavy atom. The molecule has 1 aliphatic rings. The van der Waals surface area contributed by atoms with E-state index in [1.54, 1.807) is 6.20 Å². The minimum Gasteiger partial charge on any atom is -0.325 e. The Labute approximate surface area is 93.4 Å². The van der Waals surface area contributed by atoms with Crippen molar-refractivity contribution >= 4 is 23.2 Å². The summed E-state index contributed by atoms with van der Waals surface area (Å²) in [4.78, 5) is 3.90. The van der Waals surface area contributed by atoms with Gasteiger partial charge in [-0.2, -0.15) is 0 Å². The van der Waals surface area contributed by atoms with Gasteiger partial charge < -0.3 is 5.73 Å². The molecule has 1 saturated carbocycles. The van der Waals surface area contributed by atoms with Gasteiger partial charge in [0.25, 0.3) is 0 Å². The molecule has 1 aromatic heterocycles. The van der Waals surface area contributed by atoms with Crippen LogP contribution < -0.4 is 5.73 Å². The average molecular weight is 231 g/mol. The first-order valence-electron chi connectivity index (χ1n) is 4.68. The molecule has 0 atom stereocenters. The summed E-state index contributed by atoms with van der Waals surface area (Å²) in [5, 5.41) is 1.17. The van der Waals surface area contributed by atoms with Crippen LogP contribution in [0.15, 0.2) is 12.3 Å². The molecule has 76 valence electrons. The topological polar surface area (TPSA) is 38.9 Å². The van der Waals surface area contributed by atoms with Crippen LogP contribution in [0.1, 0.15) is 24.8 Å². The van der Waals surface area contributed by atoms with E-state index in [0.29, 0.717) is 10.2 Å².